The number of morpholine rings is 1. The lowest BCUT2D eigenvalue weighted by molar-refractivity contribution is -0.117. The molecular weight excluding hydrogens is 362 g/mol. The van der Waals surface area contributed by atoms with Gasteiger partial charge in [0.15, 0.2) is 11.6 Å². The zero-order valence-electron chi connectivity index (χ0n) is 16.0. The summed E-state index contributed by atoms with van der Waals surface area (Å²) in [6.07, 6.45) is 2.96. The minimum atomic E-state index is -0.940. The fourth-order valence-electron chi connectivity index (χ4n) is 3.18. The maximum Gasteiger partial charge on any atom is 0.244 e. The summed E-state index contributed by atoms with van der Waals surface area (Å²) in [6.45, 7) is 6.33. The van der Waals surface area contributed by atoms with E-state index < -0.39 is 11.6 Å². The Balaban J connectivity index is 1.63. The number of carbonyl (C=O) groups excluding carboxylic acids is 1. The number of hydrogen-bond donors (Lipinski definition) is 1. The number of nitrogens with one attached hydrogen (secondary N) is 1. The van der Waals surface area contributed by atoms with Crippen LogP contribution < -0.4 is 10.2 Å². The second kappa shape index (κ2) is 8.97. The van der Waals surface area contributed by atoms with E-state index in [1.165, 1.54) is 18.2 Å². The summed E-state index contributed by atoms with van der Waals surface area (Å²) >= 11 is 0. The molecule has 1 fully saturated rings. The van der Waals surface area contributed by atoms with Crippen molar-refractivity contribution >= 4 is 17.7 Å². The number of anilines is 1. The molecule has 1 aliphatic heterocycles. The molecule has 0 radical (unpaired) electrons. The van der Waals surface area contributed by atoms with Crippen LogP contribution in [0.2, 0.25) is 0 Å². The van der Waals surface area contributed by atoms with Crippen molar-refractivity contribution in [2.75, 3.05) is 24.6 Å². The van der Waals surface area contributed by atoms with Crippen LogP contribution in [0.15, 0.2) is 48.5 Å². The summed E-state index contributed by atoms with van der Waals surface area (Å²) in [5, 5.41) is 2.89. The molecule has 0 bridgehead atoms. The standard InChI is InChI=1S/C22H24F2N2O2/c1-15-14-26(10-11-28-15)19-5-3-4-18(13-19)16(2)25-22(27)9-7-17-6-8-20(23)21(24)12-17/h3-9,12-13,15-16H,10-11,14H2,1-2H3,(H,25,27)/b9-7+/t15?,16-/m1/s1. The fraction of sp³-hybridized carbons (Fsp3) is 0.318. The van der Waals surface area contributed by atoms with Crippen molar-refractivity contribution in [1.82, 2.24) is 5.32 Å². The molecule has 2 aromatic rings. The van der Waals surface area contributed by atoms with Gasteiger partial charge in [0.2, 0.25) is 5.91 Å². The van der Waals surface area contributed by atoms with Gasteiger partial charge in [0.1, 0.15) is 0 Å². The highest BCUT2D eigenvalue weighted by Crippen LogP contribution is 2.22. The smallest absolute Gasteiger partial charge is 0.244 e. The molecule has 1 heterocycles. The van der Waals surface area contributed by atoms with Gasteiger partial charge in [-0.3, -0.25) is 4.79 Å². The molecule has 2 aromatic carbocycles. The average molecular weight is 386 g/mol. The molecule has 1 aliphatic rings. The van der Waals surface area contributed by atoms with Crippen molar-refractivity contribution in [3.05, 3.63) is 71.3 Å². The number of halogens is 2. The topological polar surface area (TPSA) is 41.6 Å². The van der Waals surface area contributed by atoms with Crippen LogP contribution in [-0.4, -0.2) is 31.7 Å². The lowest BCUT2D eigenvalue weighted by Crippen LogP contribution is -2.41. The lowest BCUT2D eigenvalue weighted by Gasteiger charge is -2.33. The summed E-state index contributed by atoms with van der Waals surface area (Å²) < 4.78 is 31.8. The molecule has 3 rings (SSSR count). The summed E-state index contributed by atoms with van der Waals surface area (Å²) in [6, 6.07) is 11.4. The van der Waals surface area contributed by atoms with Crippen molar-refractivity contribution in [2.45, 2.75) is 26.0 Å². The van der Waals surface area contributed by atoms with Gasteiger partial charge in [-0.05, 0) is 55.3 Å². The Morgan fingerprint density at radius 1 is 1.25 bits per heavy atom. The Kier molecular flexibility index (Phi) is 6.41. The van der Waals surface area contributed by atoms with Gasteiger partial charge in [-0.2, -0.15) is 0 Å². The highest BCUT2D eigenvalue weighted by Gasteiger charge is 2.18. The molecule has 1 saturated heterocycles. The van der Waals surface area contributed by atoms with Crippen molar-refractivity contribution in [3.63, 3.8) is 0 Å². The van der Waals surface area contributed by atoms with Crippen LogP contribution >= 0.6 is 0 Å². The molecule has 1 unspecified atom stereocenters. The minimum absolute atomic E-state index is 0.191. The van der Waals surface area contributed by atoms with E-state index in [0.717, 1.165) is 36.5 Å². The first-order valence-corrected chi connectivity index (χ1v) is 9.32. The first kappa shape index (κ1) is 20.0. The van der Waals surface area contributed by atoms with Gasteiger partial charge < -0.3 is 15.0 Å². The molecule has 2 atom stereocenters. The number of amides is 1. The van der Waals surface area contributed by atoms with Gasteiger partial charge in [-0.15, -0.1) is 0 Å². The van der Waals surface area contributed by atoms with Crippen molar-refractivity contribution in [2.24, 2.45) is 0 Å². The average Bonchev–Trinajstić information content (AvgIpc) is 2.69. The molecule has 1 N–H and O–H groups in total. The van der Waals surface area contributed by atoms with E-state index >= 15 is 0 Å². The van der Waals surface area contributed by atoms with E-state index in [1.54, 1.807) is 0 Å². The van der Waals surface area contributed by atoms with E-state index in [1.807, 2.05) is 19.1 Å². The summed E-state index contributed by atoms with van der Waals surface area (Å²) in [7, 11) is 0. The fourth-order valence-corrected chi connectivity index (χ4v) is 3.18. The van der Waals surface area contributed by atoms with E-state index in [9.17, 15) is 13.6 Å². The zero-order chi connectivity index (χ0) is 20.1. The SMILES string of the molecule is CC1CN(c2cccc([C@@H](C)NC(=O)/C=C/c3ccc(F)c(F)c3)c2)CCO1. The Bertz CT molecular complexity index is 869. The molecule has 1 amide bonds. The van der Waals surface area contributed by atoms with Crippen molar-refractivity contribution < 1.29 is 18.3 Å². The number of carbonyl (C=O) groups is 1. The van der Waals surface area contributed by atoms with Gasteiger partial charge in [-0.1, -0.05) is 18.2 Å². The van der Waals surface area contributed by atoms with Crippen molar-refractivity contribution in [3.8, 4) is 0 Å². The van der Waals surface area contributed by atoms with E-state index in [0.29, 0.717) is 12.2 Å². The van der Waals surface area contributed by atoms with E-state index in [-0.39, 0.29) is 18.1 Å². The molecule has 0 spiro atoms. The van der Waals surface area contributed by atoms with Gasteiger partial charge in [-0.25, -0.2) is 8.78 Å². The molecule has 0 aliphatic carbocycles. The summed E-state index contributed by atoms with van der Waals surface area (Å²) in [5.74, 6) is -2.16. The zero-order valence-corrected chi connectivity index (χ0v) is 16.0. The Morgan fingerprint density at radius 2 is 2.07 bits per heavy atom. The Morgan fingerprint density at radius 3 is 2.82 bits per heavy atom. The van der Waals surface area contributed by atoms with E-state index in [2.05, 4.69) is 29.3 Å². The van der Waals surface area contributed by atoms with Gasteiger partial charge in [0, 0.05) is 24.9 Å². The van der Waals surface area contributed by atoms with Crippen LogP contribution in [0.4, 0.5) is 14.5 Å². The number of nitrogens with zero attached hydrogens (tertiary/aromatic N) is 1. The van der Waals surface area contributed by atoms with Crippen LogP contribution in [0, 0.1) is 11.6 Å². The van der Waals surface area contributed by atoms with Crippen LogP contribution in [0.5, 0.6) is 0 Å². The monoisotopic (exact) mass is 386 g/mol. The number of hydrogen-bond acceptors (Lipinski definition) is 3. The number of rotatable bonds is 5. The predicted octanol–water partition coefficient (Wildman–Crippen LogP) is 4.08. The molecular formula is C22H24F2N2O2. The summed E-state index contributed by atoms with van der Waals surface area (Å²) in [4.78, 5) is 14.5. The molecule has 0 saturated carbocycles. The third kappa shape index (κ3) is 5.16. The maximum absolute atomic E-state index is 13.2. The second-order valence-electron chi connectivity index (χ2n) is 6.96. The molecule has 148 valence electrons. The van der Waals surface area contributed by atoms with Gasteiger partial charge >= 0.3 is 0 Å². The molecule has 28 heavy (non-hydrogen) atoms. The molecule has 6 heteroatoms. The highest BCUT2D eigenvalue weighted by molar-refractivity contribution is 5.92. The first-order valence-electron chi connectivity index (χ1n) is 9.32. The number of ether oxygens (including phenoxy) is 1. The van der Waals surface area contributed by atoms with Crippen LogP contribution in [-0.2, 0) is 9.53 Å². The largest absolute Gasteiger partial charge is 0.375 e. The predicted molar refractivity (Wildman–Crippen MR) is 106 cm³/mol. The third-order valence-corrected chi connectivity index (χ3v) is 4.71. The van der Waals surface area contributed by atoms with Crippen LogP contribution in [0.3, 0.4) is 0 Å². The summed E-state index contributed by atoms with van der Waals surface area (Å²) in [5.41, 5.74) is 2.52. The van der Waals surface area contributed by atoms with Gasteiger partial charge in [0.05, 0.1) is 18.8 Å². The lowest BCUT2D eigenvalue weighted by atomic mass is 10.1. The molecule has 0 aromatic heterocycles. The Labute approximate surface area is 163 Å². The molecule has 4 nitrogen and oxygen atoms in total. The van der Waals surface area contributed by atoms with Crippen LogP contribution in [0.1, 0.15) is 31.0 Å². The first-order chi connectivity index (χ1) is 13.4. The number of benzene rings is 2. The maximum atomic E-state index is 13.2. The quantitative estimate of drug-likeness (QED) is 0.788. The van der Waals surface area contributed by atoms with Gasteiger partial charge in [0.25, 0.3) is 0 Å². The Hall–Kier alpha value is -2.73. The van der Waals surface area contributed by atoms with Crippen molar-refractivity contribution in [1.29, 1.82) is 0 Å². The second-order valence-corrected chi connectivity index (χ2v) is 6.96. The minimum Gasteiger partial charge on any atom is -0.375 e. The normalized spacial score (nSPS) is 18.3. The third-order valence-electron chi connectivity index (χ3n) is 4.71. The van der Waals surface area contributed by atoms with E-state index in [4.69, 9.17) is 4.74 Å². The highest BCUT2D eigenvalue weighted by atomic mass is 19.2. The van der Waals surface area contributed by atoms with Crippen LogP contribution in [0.25, 0.3) is 6.08 Å².